The highest BCUT2D eigenvalue weighted by Crippen LogP contribution is 2.33. The van der Waals surface area contributed by atoms with E-state index in [1.807, 2.05) is 0 Å². The van der Waals surface area contributed by atoms with Crippen molar-refractivity contribution in [3.63, 3.8) is 0 Å². The molecule has 1 aliphatic carbocycles. The molecule has 0 bridgehead atoms. The monoisotopic (exact) mass is 337 g/mol. The van der Waals surface area contributed by atoms with Gasteiger partial charge in [-0.25, -0.2) is 4.79 Å². The highest BCUT2D eigenvalue weighted by molar-refractivity contribution is 8.13. The minimum absolute atomic E-state index is 0.0297. The molecule has 6 heteroatoms. The molecule has 1 N–H and O–H groups in total. The number of rotatable bonds is 5. The second-order valence-electron chi connectivity index (χ2n) is 6.17. The molecule has 2 aliphatic rings. The van der Waals surface area contributed by atoms with Gasteiger partial charge in [0.25, 0.3) is 0 Å². The minimum Gasteiger partial charge on any atom is -0.480 e. The highest BCUT2D eigenvalue weighted by Gasteiger charge is 2.41. The van der Waals surface area contributed by atoms with Gasteiger partial charge >= 0.3 is 5.97 Å². The fraction of sp³-hybridized carbons (Fsp3) is 0.588. The molecule has 0 spiro atoms. The van der Waals surface area contributed by atoms with Crippen molar-refractivity contribution in [3.05, 3.63) is 23.8 Å². The normalized spacial score (nSPS) is 25.1. The Bertz CT molecular complexity index is 555. The molecule has 5 nitrogen and oxygen atoms in total. The highest BCUT2D eigenvalue weighted by atomic mass is 32.2. The predicted octanol–water partition coefficient (Wildman–Crippen LogP) is 2.48. The fourth-order valence-corrected chi connectivity index (χ4v) is 3.76. The van der Waals surface area contributed by atoms with Gasteiger partial charge in [-0.1, -0.05) is 42.5 Å². The lowest BCUT2D eigenvalue weighted by Gasteiger charge is -2.25. The molecule has 0 aromatic heterocycles. The summed E-state index contributed by atoms with van der Waals surface area (Å²) in [6.45, 7) is 3.69. The van der Waals surface area contributed by atoms with Gasteiger partial charge in [-0.2, -0.15) is 0 Å². The lowest BCUT2D eigenvalue weighted by atomic mass is 9.90. The molecule has 1 fully saturated rings. The number of hydrogen-bond donors (Lipinski definition) is 1. The van der Waals surface area contributed by atoms with E-state index in [1.54, 1.807) is 6.92 Å². The van der Waals surface area contributed by atoms with Gasteiger partial charge < -0.3 is 10.0 Å². The Morgan fingerprint density at radius 1 is 1.39 bits per heavy atom. The summed E-state index contributed by atoms with van der Waals surface area (Å²) >= 11 is 1.11. The number of likely N-dealkylation sites (tertiary alicyclic amines) is 1. The van der Waals surface area contributed by atoms with Crippen LogP contribution in [0.25, 0.3) is 0 Å². The van der Waals surface area contributed by atoms with Crippen LogP contribution < -0.4 is 0 Å². The number of carboxylic acid groups (broad SMARTS) is 1. The van der Waals surface area contributed by atoms with Crippen molar-refractivity contribution in [1.29, 1.82) is 0 Å². The van der Waals surface area contributed by atoms with Gasteiger partial charge in [-0.05, 0) is 19.3 Å². The van der Waals surface area contributed by atoms with Gasteiger partial charge in [0.1, 0.15) is 6.04 Å². The molecule has 2 unspecified atom stereocenters. The van der Waals surface area contributed by atoms with E-state index in [1.165, 1.54) is 17.4 Å². The lowest BCUT2D eigenvalue weighted by molar-refractivity contribution is -0.149. The third-order valence-electron chi connectivity index (χ3n) is 4.39. The molecule has 0 aromatic rings. The molecule has 1 saturated heterocycles. The average molecular weight is 337 g/mol. The molecular weight excluding hydrogens is 314 g/mol. The first-order valence-electron chi connectivity index (χ1n) is 7.90. The van der Waals surface area contributed by atoms with E-state index in [2.05, 4.69) is 18.2 Å². The predicted molar refractivity (Wildman–Crippen MR) is 90.0 cm³/mol. The second-order valence-corrected chi connectivity index (χ2v) is 7.37. The van der Waals surface area contributed by atoms with Crippen LogP contribution in [0.3, 0.4) is 0 Å². The Balaban J connectivity index is 2.06. The zero-order chi connectivity index (χ0) is 17.0. The van der Waals surface area contributed by atoms with Crippen LogP contribution >= 0.6 is 11.8 Å². The van der Waals surface area contributed by atoms with Crippen LogP contribution in [0.5, 0.6) is 0 Å². The van der Waals surface area contributed by atoms with Gasteiger partial charge in [0.05, 0.1) is 0 Å². The van der Waals surface area contributed by atoms with Crippen molar-refractivity contribution < 1.29 is 19.5 Å². The third-order valence-corrected chi connectivity index (χ3v) is 5.46. The van der Waals surface area contributed by atoms with Crippen molar-refractivity contribution in [2.45, 2.75) is 39.2 Å². The van der Waals surface area contributed by atoms with Gasteiger partial charge in [0, 0.05) is 31.1 Å². The summed E-state index contributed by atoms with van der Waals surface area (Å²) in [6.07, 6.45) is 8.54. The number of aliphatic carboxylic acids is 1. The Labute approximate surface area is 140 Å². The van der Waals surface area contributed by atoms with Crippen LogP contribution in [-0.4, -0.2) is 45.3 Å². The maximum absolute atomic E-state index is 12.6. The summed E-state index contributed by atoms with van der Waals surface area (Å²) in [5.74, 6) is -0.949. The van der Waals surface area contributed by atoms with Gasteiger partial charge in [-0.15, -0.1) is 0 Å². The summed E-state index contributed by atoms with van der Waals surface area (Å²) in [6, 6.07) is -0.760. The molecular formula is C17H23NO4S. The van der Waals surface area contributed by atoms with E-state index in [0.717, 1.165) is 24.6 Å². The van der Waals surface area contributed by atoms with Crippen LogP contribution in [0, 0.1) is 11.8 Å². The van der Waals surface area contributed by atoms with Crippen LogP contribution in [0.15, 0.2) is 23.8 Å². The number of amides is 1. The molecule has 2 rings (SSSR count). The molecule has 1 aliphatic heterocycles. The number of carboxylic acids is 1. The molecule has 126 valence electrons. The molecule has 0 saturated carbocycles. The van der Waals surface area contributed by atoms with Crippen LogP contribution in [0.2, 0.25) is 0 Å². The summed E-state index contributed by atoms with van der Waals surface area (Å²) < 4.78 is 0. The smallest absolute Gasteiger partial charge is 0.326 e. The van der Waals surface area contributed by atoms with Crippen LogP contribution in [0.4, 0.5) is 0 Å². The number of allylic oxidation sites excluding steroid dienone is 3. The fourth-order valence-electron chi connectivity index (χ4n) is 3.13. The second kappa shape index (κ2) is 7.81. The molecule has 3 atom stereocenters. The molecule has 0 aromatic carbocycles. The SMILES string of the molecule is CC(=O)SCC(C)C(=O)N1CC(C2=CCC=CC2)C[C@H]1C(=O)O. The van der Waals surface area contributed by atoms with Crippen molar-refractivity contribution >= 4 is 28.8 Å². The summed E-state index contributed by atoms with van der Waals surface area (Å²) in [4.78, 5) is 36.7. The Hall–Kier alpha value is -1.56. The van der Waals surface area contributed by atoms with Gasteiger partial charge in [0.2, 0.25) is 5.91 Å². The molecule has 0 radical (unpaired) electrons. The number of carbonyl (C=O) groups excluding carboxylic acids is 2. The van der Waals surface area contributed by atoms with E-state index >= 15 is 0 Å². The van der Waals surface area contributed by atoms with Crippen molar-refractivity contribution in [2.24, 2.45) is 11.8 Å². The van der Waals surface area contributed by atoms with E-state index in [9.17, 15) is 19.5 Å². The van der Waals surface area contributed by atoms with Crippen molar-refractivity contribution in [2.75, 3.05) is 12.3 Å². The van der Waals surface area contributed by atoms with Crippen molar-refractivity contribution in [3.8, 4) is 0 Å². The van der Waals surface area contributed by atoms with E-state index in [0.29, 0.717) is 18.7 Å². The average Bonchev–Trinajstić information content (AvgIpc) is 2.98. The van der Waals surface area contributed by atoms with E-state index < -0.39 is 12.0 Å². The zero-order valence-electron chi connectivity index (χ0n) is 13.5. The topological polar surface area (TPSA) is 74.7 Å². The number of hydrogen-bond acceptors (Lipinski definition) is 4. The number of nitrogens with zero attached hydrogens (tertiary/aromatic N) is 1. The first-order chi connectivity index (χ1) is 10.9. The quantitative estimate of drug-likeness (QED) is 0.780. The molecule has 1 amide bonds. The summed E-state index contributed by atoms with van der Waals surface area (Å²) in [5, 5.41) is 9.43. The first kappa shape index (κ1) is 17.8. The minimum atomic E-state index is -0.945. The standard InChI is InChI=1S/C17H23NO4S/c1-11(10-23-12(2)19)16(20)18-9-14(8-15(18)17(21)22)13-6-4-3-5-7-13/h3-4,7,11,14-15H,5-6,8-10H2,1-2H3,(H,21,22)/t11?,14?,15-/m0/s1. The Morgan fingerprint density at radius 2 is 2.13 bits per heavy atom. The zero-order valence-corrected chi connectivity index (χ0v) is 14.3. The summed E-state index contributed by atoms with van der Waals surface area (Å²) in [7, 11) is 0. The van der Waals surface area contributed by atoms with E-state index in [-0.39, 0.29) is 22.9 Å². The Morgan fingerprint density at radius 3 is 2.70 bits per heavy atom. The third kappa shape index (κ3) is 4.47. The van der Waals surface area contributed by atoms with Gasteiger partial charge in [0.15, 0.2) is 5.12 Å². The first-order valence-corrected chi connectivity index (χ1v) is 8.89. The largest absolute Gasteiger partial charge is 0.480 e. The number of carbonyl (C=O) groups is 3. The maximum atomic E-state index is 12.6. The molecule has 23 heavy (non-hydrogen) atoms. The lowest BCUT2D eigenvalue weighted by Crippen LogP contribution is -2.43. The van der Waals surface area contributed by atoms with Gasteiger partial charge in [-0.3, -0.25) is 9.59 Å². The Kier molecular flexibility index (Phi) is 6.04. The van der Waals surface area contributed by atoms with E-state index in [4.69, 9.17) is 0 Å². The van der Waals surface area contributed by atoms with Crippen LogP contribution in [-0.2, 0) is 14.4 Å². The van der Waals surface area contributed by atoms with Crippen molar-refractivity contribution in [1.82, 2.24) is 4.90 Å². The van der Waals surface area contributed by atoms with Crippen LogP contribution in [0.1, 0.15) is 33.1 Å². The number of thioether (sulfide) groups is 1. The summed E-state index contributed by atoms with van der Waals surface area (Å²) in [5.41, 5.74) is 1.24. The maximum Gasteiger partial charge on any atom is 0.326 e. The molecule has 1 heterocycles.